The lowest BCUT2D eigenvalue weighted by atomic mass is 9.98. The van der Waals surface area contributed by atoms with Crippen molar-refractivity contribution in [1.82, 2.24) is 10.2 Å². The van der Waals surface area contributed by atoms with Crippen LogP contribution in [0.3, 0.4) is 0 Å². The van der Waals surface area contributed by atoms with Crippen LogP contribution in [0.15, 0.2) is 77.4 Å². The summed E-state index contributed by atoms with van der Waals surface area (Å²) in [4.78, 5) is 27.6. The summed E-state index contributed by atoms with van der Waals surface area (Å²) in [6.45, 7) is 1.22. The van der Waals surface area contributed by atoms with Gasteiger partial charge in [-0.2, -0.15) is 0 Å². The van der Waals surface area contributed by atoms with E-state index in [1.807, 2.05) is 47.4 Å². The van der Waals surface area contributed by atoms with Gasteiger partial charge in [-0.15, -0.1) is 0 Å². The van der Waals surface area contributed by atoms with Crippen molar-refractivity contribution < 1.29 is 14.0 Å². The number of carbonyl (C=O) groups excluding carboxylic acids is 2. The van der Waals surface area contributed by atoms with Gasteiger partial charge in [-0.3, -0.25) is 9.59 Å². The maximum absolute atomic E-state index is 13.3. The highest BCUT2D eigenvalue weighted by molar-refractivity contribution is 5.95. The molecule has 0 saturated heterocycles. The molecule has 1 aliphatic heterocycles. The second-order valence-corrected chi connectivity index (χ2v) is 6.97. The number of furan rings is 1. The first-order chi connectivity index (χ1) is 13.7. The minimum Gasteiger partial charge on any atom is -0.459 e. The van der Waals surface area contributed by atoms with E-state index in [9.17, 15) is 9.59 Å². The van der Waals surface area contributed by atoms with Gasteiger partial charge in [0.25, 0.3) is 5.91 Å². The third-order valence-corrected chi connectivity index (χ3v) is 5.07. The van der Waals surface area contributed by atoms with Crippen LogP contribution >= 0.6 is 0 Å². The van der Waals surface area contributed by atoms with Gasteiger partial charge in [0.2, 0.25) is 5.91 Å². The van der Waals surface area contributed by atoms with Crippen LogP contribution < -0.4 is 5.32 Å². The molecule has 2 amide bonds. The largest absolute Gasteiger partial charge is 0.459 e. The fraction of sp³-hybridized carbons (Fsp3) is 0.217. The molecular weight excluding hydrogens is 352 g/mol. The zero-order chi connectivity index (χ0) is 19.3. The summed E-state index contributed by atoms with van der Waals surface area (Å²) in [6.07, 6.45) is 2.71. The number of fused-ring (bicyclic) bond motifs is 1. The Morgan fingerprint density at radius 3 is 2.46 bits per heavy atom. The smallest absolute Gasteiger partial charge is 0.287 e. The van der Waals surface area contributed by atoms with E-state index < -0.39 is 6.04 Å². The Balaban J connectivity index is 1.54. The number of nitrogens with zero attached hydrogens (tertiary/aromatic N) is 1. The summed E-state index contributed by atoms with van der Waals surface area (Å²) in [6, 6.07) is 20.5. The van der Waals surface area contributed by atoms with Crippen LogP contribution in [0.5, 0.6) is 0 Å². The van der Waals surface area contributed by atoms with E-state index in [0.717, 1.165) is 17.5 Å². The van der Waals surface area contributed by atoms with Gasteiger partial charge in [0.1, 0.15) is 6.04 Å². The minimum absolute atomic E-state index is 0.0711. The Morgan fingerprint density at radius 1 is 0.964 bits per heavy atom. The molecule has 0 saturated carbocycles. The van der Waals surface area contributed by atoms with Gasteiger partial charge in [0, 0.05) is 19.5 Å². The van der Waals surface area contributed by atoms with Crippen molar-refractivity contribution in [3.05, 3.63) is 95.4 Å². The third-order valence-electron chi connectivity index (χ3n) is 5.07. The first kappa shape index (κ1) is 18.0. The Morgan fingerprint density at radius 2 is 1.71 bits per heavy atom. The molecule has 28 heavy (non-hydrogen) atoms. The predicted molar refractivity (Wildman–Crippen MR) is 106 cm³/mol. The van der Waals surface area contributed by atoms with Gasteiger partial charge in [0.05, 0.1) is 6.26 Å². The van der Waals surface area contributed by atoms with Crippen molar-refractivity contribution in [1.29, 1.82) is 0 Å². The van der Waals surface area contributed by atoms with E-state index in [4.69, 9.17) is 4.42 Å². The molecule has 0 unspecified atom stereocenters. The molecule has 1 atom stereocenters. The summed E-state index contributed by atoms with van der Waals surface area (Å²) in [5.41, 5.74) is 3.45. The predicted octanol–water partition coefficient (Wildman–Crippen LogP) is 3.21. The Bertz CT molecular complexity index is 951. The lowest BCUT2D eigenvalue weighted by Gasteiger charge is -2.32. The Kier molecular flexibility index (Phi) is 5.24. The lowest BCUT2D eigenvalue weighted by Crippen LogP contribution is -2.50. The summed E-state index contributed by atoms with van der Waals surface area (Å²) in [5.74, 6) is -0.246. The van der Waals surface area contributed by atoms with Crippen molar-refractivity contribution in [2.75, 3.05) is 6.54 Å². The standard InChI is InChI=1S/C23H22N2O3/c26-22(21-11-6-14-28-21)24-20(15-17-7-2-1-3-8-17)23(27)25-13-12-18-9-4-5-10-19(18)16-25/h1-11,14,20H,12-13,15-16H2,(H,24,26)/t20-/m0/s1. The number of rotatable bonds is 5. The van der Waals surface area contributed by atoms with Crippen molar-refractivity contribution >= 4 is 11.8 Å². The quantitative estimate of drug-likeness (QED) is 0.746. The van der Waals surface area contributed by atoms with Gasteiger partial charge in [-0.05, 0) is 35.2 Å². The maximum Gasteiger partial charge on any atom is 0.287 e. The van der Waals surface area contributed by atoms with Gasteiger partial charge >= 0.3 is 0 Å². The van der Waals surface area contributed by atoms with Crippen molar-refractivity contribution in [3.63, 3.8) is 0 Å². The number of nitrogens with one attached hydrogen (secondary N) is 1. The highest BCUT2D eigenvalue weighted by Gasteiger charge is 2.29. The fourth-order valence-corrected chi connectivity index (χ4v) is 3.59. The van der Waals surface area contributed by atoms with Crippen LogP contribution in [0.1, 0.15) is 27.2 Å². The van der Waals surface area contributed by atoms with Gasteiger partial charge < -0.3 is 14.6 Å². The van der Waals surface area contributed by atoms with Crippen LogP contribution in [0.2, 0.25) is 0 Å². The molecule has 1 N–H and O–H groups in total. The highest BCUT2D eigenvalue weighted by atomic mass is 16.3. The van der Waals surface area contributed by atoms with Crippen LogP contribution in [-0.4, -0.2) is 29.3 Å². The molecule has 2 aromatic carbocycles. The molecule has 1 aliphatic rings. The van der Waals surface area contributed by atoms with Gasteiger partial charge in [-0.1, -0.05) is 54.6 Å². The second-order valence-electron chi connectivity index (χ2n) is 6.97. The summed E-state index contributed by atoms with van der Waals surface area (Å²) in [5, 5.41) is 2.87. The molecular formula is C23H22N2O3. The van der Waals surface area contributed by atoms with E-state index in [2.05, 4.69) is 17.4 Å². The summed E-state index contributed by atoms with van der Waals surface area (Å²) >= 11 is 0. The number of amides is 2. The topological polar surface area (TPSA) is 62.6 Å². The molecule has 3 aromatic rings. The van der Waals surface area contributed by atoms with E-state index in [0.29, 0.717) is 19.5 Å². The van der Waals surface area contributed by atoms with Crippen molar-refractivity contribution in [2.24, 2.45) is 0 Å². The number of benzene rings is 2. The van der Waals surface area contributed by atoms with E-state index in [-0.39, 0.29) is 17.6 Å². The molecule has 0 fully saturated rings. The Hall–Kier alpha value is -3.34. The van der Waals surface area contributed by atoms with Crippen LogP contribution in [-0.2, 0) is 24.2 Å². The van der Waals surface area contributed by atoms with Crippen LogP contribution in [0.4, 0.5) is 0 Å². The molecule has 4 rings (SSSR count). The SMILES string of the molecule is O=C(N[C@@H](Cc1ccccc1)C(=O)N1CCc2ccccc2C1)c1ccco1. The van der Waals surface area contributed by atoms with Crippen molar-refractivity contribution in [3.8, 4) is 0 Å². The van der Waals surface area contributed by atoms with Gasteiger partial charge in [0.15, 0.2) is 5.76 Å². The number of hydrogen-bond donors (Lipinski definition) is 1. The fourth-order valence-electron chi connectivity index (χ4n) is 3.59. The molecule has 1 aromatic heterocycles. The highest BCUT2D eigenvalue weighted by Crippen LogP contribution is 2.20. The molecule has 0 spiro atoms. The third kappa shape index (κ3) is 3.98. The molecule has 0 aliphatic carbocycles. The molecule has 0 bridgehead atoms. The van der Waals surface area contributed by atoms with Crippen LogP contribution in [0.25, 0.3) is 0 Å². The van der Waals surface area contributed by atoms with E-state index >= 15 is 0 Å². The first-order valence-corrected chi connectivity index (χ1v) is 9.44. The first-order valence-electron chi connectivity index (χ1n) is 9.44. The molecule has 0 radical (unpaired) electrons. The minimum atomic E-state index is -0.648. The Labute approximate surface area is 164 Å². The average Bonchev–Trinajstić information content (AvgIpc) is 3.28. The van der Waals surface area contributed by atoms with E-state index in [1.54, 1.807) is 12.1 Å². The monoisotopic (exact) mass is 374 g/mol. The lowest BCUT2D eigenvalue weighted by molar-refractivity contribution is -0.134. The molecule has 5 heteroatoms. The zero-order valence-electron chi connectivity index (χ0n) is 15.5. The maximum atomic E-state index is 13.3. The summed E-state index contributed by atoms with van der Waals surface area (Å²) < 4.78 is 5.18. The van der Waals surface area contributed by atoms with E-state index in [1.165, 1.54) is 11.8 Å². The average molecular weight is 374 g/mol. The molecule has 5 nitrogen and oxygen atoms in total. The number of hydrogen-bond acceptors (Lipinski definition) is 3. The normalized spacial score (nSPS) is 14.2. The summed E-state index contributed by atoms with van der Waals surface area (Å²) in [7, 11) is 0. The zero-order valence-corrected chi connectivity index (χ0v) is 15.5. The van der Waals surface area contributed by atoms with Gasteiger partial charge in [-0.25, -0.2) is 0 Å². The number of carbonyl (C=O) groups is 2. The molecule has 2 heterocycles. The van der Waals surface area contributed by atoms with Crippen molar-refractivity contribution in [2.45, 2.75) is 25.4 Å². The molecule has 142 valence electrons. The second kappa shape index (κ2) is 8.13. The van der Waals surface area contributed by atoms with Crippen LogP contribution in [0, 0.1) is 0 Å².